The van der Waals surface area contributed by atoms with E-state index in [4.69, 9.17) is 4.74 Å². The highest BCUT2D eigenvalue weighted by molar-refractivity contribution is 5.86. The van der Waals surface area contributed by atoms with Crippen LogP contribution in [0.15, 0.2) is 30.3 Å². The molecule has 0 unspecified atom stereocenters. The van der Waals surface area contributed by atoms with E-state index in [1.165, 1.54) is 6.42 Å². The first-order valence-corrected chi connectivity index (χ1v) is 12.8. The SMILES string of the molecule is CCOC(=O)[C@H](CCc1ccccc1)N1CCC(=O)C[C@@H]2C[C@H]3CCCC[C@@H]3N2C(=O)[C@@H]1C. The lowest BCUT2D eigenvalue weighted by molar-refractivity contribution is -0.153. The fourth-order valence-electron chi connectivity index (χ4n) is 6.29. The molecule has 2 saturated heterocycles. The van der Waals surface area contributed by atoms with Crippen molar-refractivity contribution in [3.05, 3.63) is 35.9 Å². The molecule has 3 fully saturated rings. The quantitative estimate of drug-likeness (QED) is 0.612. The molecule has 180 valence electrons. The van der Waals surface area contributed by atoms with Crippen LogP contribution in [0.25, 0.3) is 0 Å². The van der Waals surface area contributed by atoms with Gasteiger partial charge in [-0.05, 0) is 57.4 Å². The van der Waals surface area contributed by atoms with Gasteiger partial charge in [0.25, 0.3) is 0 Å². The van der Waals surface area contributed by atoms with Gasteiger partial charge in [-0.15, -0.1) is 0 Å². The third-order valence-electron chi connectivity index (χ3n) is 7.92. The van der Waals surface area contributed by atoms with Crippen molar-refractivity contribution in [1.29, 1.82) is 0 Å². The molecule has 1 aromatic carbocycles. The van der Waals surface area contributed by atoms with Crippen molar-refractivity contribution in [2.75, 3.05) is 13.2 Å². The number of amides is 1. The summed E-state index contributed by atoms with van der Waals surface area (Å²) in [4.78, 5) is 43.9. The van der Waals surface area contributed by atoms with Crippen LogP contribution in [0.3, 0.4) is 0 Å². The Balaban J connectivity index is 1.59. The van der Waals surface area contributed by atoms with Crippen LogP contribution in [0, 0.1) is 5.92 Å². The molecule has 3 aliphatic rings. The molecule has 0 radical (unpaired) electrons. The number of Topliss-reactive ketones (excluding diaryl/α,β-unsaturated/α-hetero) is 1. The first-order valence-electron chi connectivity index (χ1n) is 12.8. The van der Waals surface area contributed by atoms with Crippen LogP contribution >= 0.6 is 0 Å². The second-order valence-electron chi connectivity index (χ2n) is 9.95. The number of hydrogen-bond acceptors (Lipinski definition) is 5. The van der Waals surface area contributed by atoms with Gasteiger partial charge in [-0.1, -0.05) is 43.2 Å². The van der Waals surface area contributed by atoms with Crippen molar-refractivity contribution >= 4 is 17.7 Å². The summed E-state index contributed by atoms with van der Waals surface area (Å²) in [6.07, 6.45) is 7.60. The fourth-order valence-corrected chi connectivity index (χ4v) is 6.29. The van der Waals surface area contributed by atoms with Crippen molar-refractivity contribution in [2.45, 2.75) is 95.8 Å². The van der Waals surface area contributed by atoms with E-state index in [-0.39, 0.29) is 29.7 Å². The highest BCUT2D eigenvalue weighted by atomic mass is 16.5. The summed E-state index contributed by atoms with van der Waals surface area (Å²) in [5.41, 5.74) is 1.15. The Kier molecular flexibility index (Phi) is 7.84. The van der Waals surface area contributed by atoms with E-state index in [0.717, 1.165) is 31.2 Å². The molecule has 6 heteroatoms. The number of esters is 1. The topological polar surface area (TPSA) is 66.9 Å². The highest BCUT2D eigenvalue weighted by Gasteiger charge is 2.48. The van der Waals surface area contributed by atoms with E-state index in [2.05, 4.69) is 17.0 Å². The average Bonchev–Trinajstić information content (AvgIpc) is 3.19. The Morgan fingerprint density at radius 3 is 2.67 bits per heavy atom. The minimum absolute atomic E-state index is 0.0193. The summed E-state index contributed by atoms with van der Waals surface area (Å²) in [6, 6.07) is 9.34. The predicted molar refractivity (Wildman–Crippen MR) is 127 cm³/mol. The van der Waals surface area contributed by atoms with Gasteiger partial charge in [0, 0.05) is 31.5 Å². The molecule has 0 spiro atoms. The van der Waals surface area contributed by atoms with Crippen molar-refractivity contribution in [2.24, 2.45) is 5.92 Å². The Bertz CT molecular complexity index is 842. The zero-order chi connectivity index (χ0) is 23.4. The van der Waals surface area contributed by atoms with Gasteiger partial charge in [0.05, 0.1) is 12.6 Å². The molecule has 6 nitrogen and oxygen atoms in total. The molecule has 4 rings (SSSR count). The van der Waals surface area contributed by atoms with Crippen LogP contribution in [-0.4, -0.2) is 64.8 Å². The molecule has 33 heavy (non-hydrogen) atoms. The minimum Gasteiger partial charge on any atom is -0.465 e. The molecule has 1 aromatic rings. The molecule has 1 aliphatic carbocycles. The fraction of sp³-hybridized carbons (Fsp3) is 0.667. The Morgan fingerprint density at radius 2 is 1.91 bits per heavy atom. The van der Waals surface area contributed by atoms with Gasteiger partial charge in [0.2, 0.25) is 5.91 Å². The molecular weight excluding hydrogens is 416 g/mol. The van der Waals surface area contributed by atoms with Crippen molar-refractivity contribution in [3.63, 3.8) is 0 Å². The lowest BCUT2D eigenvalue weighted by Gasteiger charge is -2.39. The monoisotopic (exact) mass is 454 g/mol. The van der Waals surface area contributed by atoms with Crippen LogP contribution in [0.5, 0.6) is 0 Å². The van der Waals surface area contributed by atoms with Gasteiger partial charge >= 0.3 is 5.97 Å². The summed E-state index contributed by atoms with van der Waals surface area (Å²) in [6.45, 7) is 4.44. The first kappa shape index (κ1) is 23.9. The van der Waals surface area contributed by atoms with Gasteiger partial charge < -0.3 is 9.64 Å². The van der Waals surface area contributed by atoms with Crippen molar-refractivity contribution < 1.29 is 19.1 Å². The smallest absolute Gasteiger partial charge is 0.323 e. The zero-order valence-corrected chi connectivity index (χ0v) is 20.1. The second-order valence-corrected chi connectivity index (χ2v) is 9.95. The van der Waals surface area contributed by atoms with E-state index < -0.39 is 12.1 Å². The summed E-state index contributed by atoms with van der Waals surface area (Å²) in [5.74, 6) is 0.493. The predicted octanol–water partition coefficient (Wildman–Crippen LogP) is 3.76. The minimum atomic E-state index is -0.543. The maximum absolute atomic E-state index is 13.9. The largest absolute Gasteiger partial charge is 0.465 e. The number of benzene rings is 1. The van der Waals surface area contributed by atoms with Gasteiger partial charge in [-0.25, -0.2) is 0 Å². The second kappa shape index (κ2) is 10.8. The number of rotatable bonds is 6. The number of nitrogens with zero attached hydrogens (tertiary/aromatic N) is 2. The summed E-state index contributed by atoms with van der Waals surface area (Å²) >= 11 is 0. The lowest BCUT2D eigenvalue weighted by atomic mass is 9.84. The standard InChI is InChI=1S/C27H38N2O4/c1-3-33-27(32)25(14-13-20-9-5-4-6-10-20)28-16-15-23(30)18-22-17-21-11-7-8-12-24(21)29(22)26(31)19(28)2/h4-6,9-10,19,21-22,24-25H,3,7-8,11-18H2,1-2H3/t19-,21+,22-,24-,25-/m0/s1. The number of carbonyl (C=O) groups is 3. The van der Waals surface area contributed by atoms with E-state index >= 15 is 0 Å². The van der Waals surface area contributed by atoms with Crippen molar-refractivity contribution in [3.8, 4) is 0 Å². The molecule has 0 bridgehead atoms. The molecule has 5 atom stereocenters. The van der Waals surface area contributed by atoms with E-state index in [0.29, 0.717) is 44.8 Å². The molecule has 2 aliphatic heterocycles. The van der Waals surface area contributed by atoms with Crippen LogP contribution < -0.4 is 0 Å². The summed E-state index contributed by atoms with van der Waals surface area (Å²) < 4.78 is 5.44. The van der Waals surface area contributed by atoms with Gasteiger partial charge in [0.15, 0.2) is 0 Å². The average molecular weight is 455 g/mol. The maximum atomic E-state index is 13.9. The Morgan fingerprint density at radius 1 is 1.15 bits per heavy atom. The number of ether oxygens (including phenoxy) is 1. The van der Waals surface area contributed by atoms with Gasteiger partial charge in [-0.2, -0.15) is 0 Å². The highest BCUT2D eigenvalue weighted by Crippen LogP contribution is 2.42. The third kappa shape index (κ3) is 5.32. The van der Waals surface area contributed by atoms with Crippen LogP contribution in [0.2, 0.25) is 0 Å². The first-order chi connectivity index (χ1) is 16.0. The molecular formula is C27H38N2O4. The van der Waals surface area contributed by atoms with Crippen molar-refractivity contribution in [1.82, 2.24) is 9.80 Å². The van der Waals surface area contributed by atoms with Crippen LogP contribution in [0.4, 0.5) is 0 Å². The molecule has 1 amide bonds. The normalized spacial score (nSPS) is 29.5. The molecule has 2 heterocycles. The summed E-state index contributed by atoms with van der Waals surface area (Å²) in [5, 5.41) is 0. The van der Waals surface area contributed by atoms with E-state index in [1.54, 1.807) is 6.92 Å². The molecule has 0 aromatic heterocycles. The number of fused-ring (bicyclic) bond motifs is 3. The van der Waals surface area contributed by atoms with Crippen LogP contribution in [0.1, 0.15) is 70.8 Å². The Hall–Kier alpha value is -2.21. The molecule has 1 saturated carbocycles. The van der Waals surface area contributed by atoms with E-state index in [9.17, 15) is 14.4 Å². The number of ketones is 1. The van der Waals surface area contributed by atoms with Gasteiger partial charge in [-0.3, -0.25) is 19.3 Å². The number of carbonyl (C=O) groups excluding carboxylic acids is 3. The molecule has 0 N–H and O–H groups in total. The van der Waals surface area contributed by atoms with E-state index in [1.807, 2.05) is 30.0 Å². The number of aryl methyl sites for hydroxylation is 1. The maximum Gasteiger partial charge on any atom is 0.323 e. The third-order valence-corrected chi connectivity index (χ3v) is 7.92. The lowest BCUT2D eigenvalue weighted by Crippen LogP contribution is -2.56. The van der Waals surface area contributed by atoms with Crippen LogP contribution in [-0.2, 0) is 25.5 Å². The Labute approximate surface area is 197 Å². The summed E-state index contributed by atoms with van der Waals surface area (Å²) in [7, 11) is 0. The number of hydrogen-bond donors (Lipinski definition) is 0. The van der Waals surface area contributed by atoms with Gasteiger partial charge in [0.1, 0.15) is 11.8 Å². The zero-order valence-electron chi connectivity index (χ0n) is 20.1.